The number of aromatic nitrogens is 2. The van der Waals surface area contributed by atoms with Crippen molar-refractivity contribution in [2.45, 2.75) is 39.7 Å². The first-order chi connectivity index (χ1) is 6.76. The molecule has 1 rings (SSSR count). The van der Waals surface area contributed by atoms with E-state index in [4.69, 9.17) is 0 Å². The number of hydrogen-bond donors (Lipinski definition) is 1. The molecule has 0 aromatic carbocycles. The summed E-state index contributed by atoms with van der Waals surface area (Å²) in [6.45, 7) is 7.27. The number of likely N-dealkylation sites (N-methyl/N-ethyl adjacent to an activating group) is 1. The van der Waals surface area contributed by atoms with Gasteiger partial charge in [0.25, 0.3) is 0 Å². The van der Waals surface area contributed by atoms with Crippen molar-refractivity contribution < 1.29 is 0 Å². The zero-order valence-electron chi connectivity index (χ0n) is 9.25. The van der Waals surface area contributed by atoms with Crippen LogP contribution in [0.2, 0.25) is 0 Å². The standard InChI is InChI=1S/C11H19N3/c1-4-10(12-5-2)8-11-6-7-13-9(3)14-11/h6-7,10,12H,4-5,8H2,1-3H3. The van der Waals surface area contributed by atoms with Gasteiger partial charge in [0.1, 0.15) is 5.82 Å². The molecule has 1 atom stereocenters. The van der Waals surface area contributed by atoms with E-state index in [2.05, 4.69) is 29.1 Å². The van der Waals surface area contributed by atoms with Crippen molar-refractivity contribution in [3.8, 4) is 0 Å². The molecule has 0 amide bonds. The second-order valence-corrected chi connectivity index (χ2v) is 3.46. The molecule has 1 N–H and O–H groups in total. The van der Waals surface area contributed by atoms with Crippen LogP contribution in [-0.2, 0) is 6.42 Å². The second kappa shape index (κ2) is 5.70. The molecule has 1 aromatic heterocycles. The summed E-state index contributed by atoms with van der Waals surface area (Å²) < 4.78 is 0. The summed E-state index contributed by atoms with van der Waals surface area (Å²) >= 11 is 0. The predicted molar refractivity (Wildman–Crippen MR) is 58.2 cm³/mol. The highest BCUT2D eigenvalue weighted by atomic mass is 14.9. The summed E-state index contributed by atoms with van der Waals surface area (Å²) in [4.78, 5) is 8.48. The van der Waals surface area contributed by atoms with Gasteiger partial charge in [-0.3, -0.25) is 0 Å². The summed E-state index contributed by atoms with van der Waals surface area (Å²) in [5.41, 5.74) is 1.13. The Morgan fingerprint density at radius 2 is 2.21 bits per heavy atom. The zero-order valence-corrected chi connectivity index (χ0v) is 9.25. The Morgan fingerprint density at radius 1 is 1.43 bits per heavy atom. The molecule has 3 heteroatoms. The van der Waals surface area contributed by atoms with E-state index >= 15 is 0 Å². The molecule has 3 nitrogen and oxygen atoms in total. The molecule has 0 aliphatic carbocycles. The van der Waals surface area contributed by atoms with E-state index < -0.39 is 0 Å². The van der Waals surface area contributed by atoms with Gasteiger partial charge in [-0.15, -0.1) is 0 Å². The molecule has 0 bridgehead atoms. The highest BCUT2D eigenvalue weighted by Gasteiger charge is 2.06. The Bertz CT molecular complexity index is 273. The quantitative estimate of drug-likeness (QED) is 0.773. The molecule has 0 fully saturated rings. The molecule has 1 unspecified atom stereocenters. The Labute approximate surface area is 86.0 Å². The Kier molecular flexibility index (Phi) is 4.53. The van der Waals surface area contributed by atoms with Gasteiger partial charge in [0.2, 0.25) is 0 Å². The van der Waals surface area contributed by atoms with Crippen molar-refractivity contribution in [2.75, 3.05) is 6.54 Å². The average Bonchev–Trinajstić information content (AvgIpc) is 2.17. The Morgan fingerprint density at radius 3 is 2.79 bits per heavy atom. The highest BCUT2D eigenvalue weighted by Crippen LogP contribution is 2.02. The third-order valence-electron chi connectivity index (χ3n) is 2.27. The van der Waals surface area contributed by atoms with Gasteiger partial charge in [0, 0.05) is 24.4 Å². The van der Waals surface area contributed by atoms with E-state index in [1.165, 1.54) is 0 Å². The molecular weight excluding hydrogens is 174 g/mol. The minimum atomic E-state index is 0.536. The number of nitrogens with one attached hydrogen (secondary N) is 1. The van der Waals surface area contributed by atoms with Crippen LogP contribution >= 0.6 is 0 Å². The largest absolute Gasteiger partial charge is 0.314 e. The minimum Gasteiger partial charge on any atom is -0.314 e. The number of aryl methyl sites for hydroxylation is 1. The fraction of sp³-hybridized carbons (Fsp3) is 0.636. The van der Waals surface area contributed by atoms with Crippen molar-refractivity contribution in [3.05, 3.63) is 23.8 Å². The van der Waals surface area contributed by atoms with E-state index in [1.54, 1.807) is 0 Å². The average molecular weight is 193 g/mol. The van der Waals surface area contributed by atoms with Crippen LogP contribution in [0.4, 0.5) is 0 Å². The minimum absolute atomic E-state index is 0.536. The van der Waals surface area contributed by atoms with Crippen molar-refractivity contribution in [3.63, 3.8) is 0 Å². The van der Waals surface area contributed by atoms with E-state index in [0.717, 1.165) is 30.9 Å². The smallest absolute Gasteiger partial charge is 0.125 e. The van der Waals surface area contributed by atoms with Crippen LogP contribution < -0.4 is 5.32 Å². The van der Waals surface area contributed by atoms with Gasteiger partial charge in [-0.25, -0.2) is 9.97 Å². The summed E-state index contributed by atoms with van der Waals surface area (Å²) in [5.74, 6) is 0.855. The van der Waals surface area contributed by atoms with Gasteiger partial charge < -0.3 is 5.32 Å². The van der Waals surface area contributed by atoms with Gasteiger partial charge in [0.05, 0.1) is 0 Å². The van der Waals surface area contributed by atoms with Crippen molar-refractivity contribution >= 4 is 0 Å². The van der Waals surface area contributed by atoms with E-state index in [1.807, 2.05) is 19.2 Å². The summed E-state index contributed by atoms with van der Waals surface area (Å²) in [6, 6.07) is 2.53. The van der Waals surface area contributed by atoms with Crippen LogP contribution in [0.15, 0.2) is 12.3 Å². The summed E-state index contributed by atoms with van der Waals surface area (Å²) in [7, 11) is 0. The lowest BCUT2D eigenvalue weighted by Gasteiger charge is -2.14. The first kappa shape index (κ1) is 11.1. The normalized spacial score (nSPS) is 12.8. The van der Waals surface area contributed by atoms with Gasteiger partial charge in [0.15, 0.2) is 0 Å². The predicted octanol–water partition coefficient (Wildman–Crippen LogP) is 1.72. The maximum atomic E-state index is 4.39. The molecular formula is C11H19N3. The number of nitrogens with zero attached hydrogens (tertiary/aromatic N) is 2. The van der Waals surface area contributed by atoms with Crippen LogP contribution in [0.5, 0.6) is 0 Å². The van der Waals surface area contributed by atoms with Crippen molar-refractivity contribution in [2.24, 2.45) is 0 Å². The first-order valence-electron chi connectivity index (χ1n) is 5.28. The lowest BCUT2D eigenvalue weighted by molar-refractivity contribution is 0.504. The van der Waals surface area contributed by atoms with E-state index in [0.29, 0.717) is 6.04 Å². The van der Waals surface area contributed by atoms with Crippen LogP contribution in [-0.4, -0.2) is 22.6 Å². The van der Waals surface area contributed by atoms with E-state index in [-0.39, 0.29) is 0 Å². The van der Waals surface area contributed by atoms with Crippen LogP contribution in [0, 0.1) is 6.92 Å². The molecule has 0 spiro atoms. The number of hydrogen-bond acceptors (Lipinski definition) is 3. The molecule has 0 saturated heterocycles. The molecule has 0 aliphatic rings. The second-order valence-electron chi connectivity index (χ2n) is 3.46. The third kappa shape index (κ3) is 3.42. The molecule has 1 heterocycles. The maximum Gasteiger partial charge on any atom is 0.125 e. The lowest BCUT2D eigenvalue weighted by Crippen LogP contribution is -2.30. The lowest BCUT2D eigenvalue weighted by atomic mass is 10.1. The molecule has 0 saturated carbocycles. The fourth-order valence-electron chi connectivity index (χ4n) is 1.52. The molecule has 78 valence electrons. The van der Waals surface area contributed by atoms with Gasteiger partial charge in [-0.1, -0.05) is 13.8 Å². The van der Waals surface area contributed by atoms with Crippen LogP contribution in [0.25, 0.3) is 0 Å². The fourth-order valence-corrected chi connectivity index (χ4v) is 1.52. The monoisotopic (exact) mass is 193 g/mol. The highest BCUT2D eigenvalue weighted by molar-refractivity contribution is 5.03. The van der Waals surface area contributed by atoms with E-state index in [9.17, 15) is 0 Å². The van der Waals surface area contributed by atoms with Crippen molar-refractivity contribution in [1.29, 1.82) is 0 Å². The van der Waals surface area contributed by atoms with Crippen LogP contribution in [0.3, 0.4) is 0 Å². The topological polar surface area (TPSA) is 37.8 Å². The Balaban J connectivity index is 2.57. The SMILES string of the molecule is CCNC(CC)Cc1ccnc(C)n1. The summed E-state index contributed by atoms with van der Waals surface area (Å²) in [6.07, 6.45) is 3.96. The van der Waals surface area contributed by atoms with Gasteiger partial charge >= 0.3 is 0 Å². The molecule has 0 radical (unpaired) electrons. The molecule has 0 aliphatic heterocycles. The van der Waals surface area contributed by atoms with Gasteiger partial charge in [-0.2, -0.15) is 0 Å². The summed E-state index contributed by atoms with van der Waals surface area (Å²) in [5, 5.41) is 3.44. The maximum absolute atomic E-state index is 4.39. The number of rotatable bonds is 5. The van der Waals surface area contributed by atoms with Gasteiger partial charge in [-0.05, 0) is 26.0 Å². The van der Waals surface area contributed by atoms with Crippen molar-refractivity contribution in [1.82, 2.24) is 15.3 Å². The zero-order chi connectivity index (χ0) is 10.4. The third-order valence-corrected chi connectivity index (χ3v) is 2.27. The Hall–Kier alpha value is -0.960. The molecule has 14 heavy (non-hydrogen) atoms. The first-order valence-corrected chi connectivity index (χ1v) is 5.28. The molecule has 1 aromatic rings. The van der Waals surface area contributed by atoms with Crippen LogP contribution in [0.1, 0.15) is 31.8 Å².